The van der Waals surface area contributed by atoms with Crippen LogP contribution < -0.4 is 5.32 Å². The van der Waals surface area contributed by atoms with Crippen molar-refractivity contribution in [2.45, 2.75) is 25.8 Å². The molecule has 0 aromatic carbocycles. The zero-order chi connectivity index (χ0) is 9.68. The van der Waals surface area contributed by atoms with Gasteiger partial charge >= 0.3 is 0 Å². The molecule has 1 aliphatic rings. The molecule has 0 spiro atoms. The molecule has 0 radical (unpaired) electrons. The molecule has 1 aliphatic heterocycles. The minimum atomic E-state index is 0.0555. The lowest BCUT2D eigenvalue weighted by Crippen LogP contribution is -2.43. The maximum absolute atomic E-state index is 11.8. The van der Waals surface area contributed by atoms with E-state index in [1.807, 2.05) is 11.8 Å². The van der Waals surface area contributed by atoms with E-state index in [0.29, 0.717) is 6.54 Å². The van der Waals surface area contributed by atoms with Gasteiger partial charge in [-0.3, -0.25) is 4.79 Å². The van der Waals surface area contributed by atoms with Gasteiger partial charge in [0.1, 0.15) is 0 Å². The van der Waals surface area contributed by atoms with Gasteiger partial charge in [-0.1, -0.05) is 6.08 Å². The Morgan fingerprint density at radius 2 is 2.54 bits per heavy atom. The van der Waals surface area contributed by atoms with Crippen LogP contribution in [0.5, 0.6) is 0 Å². The molecule has 0 saturated carbocycles. The van der Waals surface area contributed by atoms with Crippen molar-refractivity contribution in [1.82, 2.24) is 10.2 Å². The predicted molar refractivity (Wildman–Crippen MR) is 53.5 cm³/mol. The third kappa shape index (κ3) is 2.56. The molecular formula is C10H18N2O. The van der Waals surface area contributed by atoms with Gasteiger partial charge < -0.3 is 10.2 Å². The van der Waals surface area contributed by atoms with Crippen LogP contribution in [0.1, 0.15) is 19.8 Å². The fourth-order valence-corrected chi connectivity index (χ4v) is 1.65. The van der Waals surface area contributed by atoms with Gasteiger partial charge in [0.2, 0.25) is 5.91 Å². The van der Waals surface area contributed by atoms with Gasteiger partial charge in [0.15, 0.2) is 0 Å². The van der Waals surface area contributed by atoms with Crippen molar-refractivity contribution in [3.8, 4) is 0 Å². The normalized spacial score (nSPS) is 21.5. The van der Waals surface area contributed by atoms with Gasteiger partial charge in [0, 0.05) is 13.1 Å². The summed E-state index contributed by atoms with van der Waals surface area (Å²) in [5, 5.41) is 3.20. The molecule has 1 heterocycles. The first-order valence-corrected chi connectivity index (χ1v) is 4.92. The maximum Gasteiger partial charge on any atom is 0.239 e. The average molecular weight is 182 g/mol. The van der Waals surface area contributed by atoms with E-state index in [2.05, 4.69) is 11.9 Å². The third-order valence-electron chi connectivity index (χ3n) is 2.40. The molecule has 0 bridgehead atoms. The van der Waals surface area contributed by atoms with E-state index < -0.39 is 0 Å². The van der Waals surface area contributed by atoms with E-state index in [1.165, 1.54) is 0 Å². The summed E-state index contributed by atoms with van der Waals surface area (Å²) in [4.78, 5) is 13.6. The Balaban J connectivity index is 2.46. The second kappa shape index (κ2) is 5.02. The molecule has 0 aliphatic carbocycles. The molecule has 0 aromatic rings. The summed E-state index contributed by atoms with van der Waals surface area (Å²) in [6, 6.07) is 0.0555. The number of nitrogens with zero attached hydrogens (tertiary/aromatic N) is 1. The number of nitrogens with one attached hydrogen (secondary N) is 1. The molecule has 1 saturated heterocycles. The SMILES string of the molecule is C=CCN(CC)C(=O)[C@@H]1CCCN1. The molecule has 3 nitrogen and oxygen atoms in total. The van der Waals surface area contributed by atoms with Crippen LogP contribution in [0.3, 0.4) is 0 Å². The molecule has 1 fully saturated rings. The maximum atomic E-state index is 11.8. The number of hydrogen-bond donors (Lipinski definition) is 1. The molecule has 3 heteroatoms. The van der Waals surface area contributed by atoms with Crippen LogP contribution in [0.2, 0.25) is 0 Å². The van der Waals surface area contributed by atoms with E-state index in [9.17, 15) is 4.79 Å². The minimum Gasteiger partial charge on any atom is -0.338 e. The summed E-state index contributed by atoms with van der Waals surface area (Å²) >= 11 is 0. The standard InChI is InChI=1S/C10H18N2O/c1-3-8-12(4-2)10(13)9-6-5-7-11-9/h3,9,11H,1,4-8H2,2H3/t9-/m0/s1. The van der Waals surface area contributed by atoms with Crippen LogP contribution in [0, 0.1) is 0 Å². The Hall–Kier alpha value is -0.830. The summed E-state index contributed by atoms with van der Waals surface area (Å²) in [5.74, 6) is 0.222. The zero-order valence-corrected chi connectivity index (χ0v) is 8.25. The first-order valence-electron chi connectivity index (χ1n) is 4.92. The predicted octanol–water partition coefficient (Wildman–Crippen LogP) is 0.773. The number of hydrogen-bond acceptors (Lipinski definition) is 2. The second-order valence-electron chi connectivity index (χ2n) is 3.31. The average Bonchev–Trinajstić information content (AvgIpc) is 2.65. The van der Waals surface area contributed by atoms with Gasteiger partial charge in [0.05, 0.1) is 6.04 Å². The van der Waals surface area contributed by atoms with Crippen molar-refractivity contribution >= 4 is 5.91 Å². The first-order chi connectivity index (χ1) is 6.29. The first kappa shape index (κ1) is 10.3. The number of amides is 1. The summed E-state index contributed by atoms with van der Waals surface area (Å²) < 4.78 is 0. The Morgan fingerprint density at radius 1 is 1.77 bits per heavy atom. The Labute approximate surface area is 79.8 Å². The Kier molecular flexibility index (Phi) is 3.96. The fraction of sp³-hybridized carbons (Fsp3) is 0.700. The highest BCUT2D eigenvalue weighted by molar-refractivity contribution is 5.82. The van der Waals surface area contributed by atoms with Crippen molar-refractivity contribution in [3.63, 3.8) is 0 Å². The monoisotopic (exact) mass is 182 g/mol. The summed E-state index contributed by atoms with van der Waals surface area (Å²) in [6.45, 7) is 8.04. The number of rotatable bonds is 4. The van der Waals surface area contributed by atoms with E-state index in [1.54, 1.807) is 6.08 Å². The van der Waals surface area contributed by atoms with Crippen LogP contribution in [0.4, 0.5) is 0 Å². The fourth-order valence-electron chi connectivity index (χ4n) is 1.65. The third-order valence-corrected chi connectivity index (χ3v) is 2.40. The van der Waals surface area contributed by atoms with E-state index in [-0.39, 0.29) is 11.9 Å². The second-order valence-corrected chi connectivity index (χ2v) is 3.31. The van der Waals surface area contributed by atoms with Crippen molar-refractivity contribution in [2.24, 2.45) is 0 Å². The van der Waals surface area contributed by atoms with Gasteiger partial charge in [-0.05, 0) is 26.3 Å². The minimum absolute atomic E-state index is 0.0555. The van der Waals surface area contributed by atoms with Gasteiger partial charge in [-0.25, -0.2) is 0 Å². The van der Waals surface area contributed by atoms with Crippen LogP contribution in [0.25, 0.3) is 0 Å². The van der Waals surface area contributed by atoms with Crippen molar-refractivity contribution in [3.05, 3.63) is 12.7 Å². The van der Waals surface area contributed by atoms with E-state index in [0.717, 1.165) is 25.9 Å². The van der Waals surface area contributed by atoms with Crippen LogP contribution in [-0.2, 0) is 4.79 Å². The molecule has 1 amide bonds. The Bertz CT molecular complexity index is 185. The van der Waals surface area contributed by atoms with E-state index >= 15 is 0 Å². The summed E-state index contributed by atoms with van der Waals surface area (Å²) in [5.41, 5.74) is 0. The largest absolute Gasteiger partial charge is 0.338 e. The summed E-state index contributed by atoms with van der Waals surface area (Å²) in [6.07, 6.45) is 3.87. The number of likely N-dealkylation sites (N-methyl/N-ethyl adjacent to an activating group) is 1. The van der Waals surface area contributed by atoms with Crippen LogP contribution >= 0.6 is 0 Å². The molecular weight excluding hydrogens is 164 g/mol. The van der Waals surface area contributed by atoms with Crippen molar-refractivity contribution < 1.29 is 4.79 Å². The lowest BCUT2D eigenvalue weighted by molar-refractivity contribution is -0.132. The number of carbonyl (C=O) groups excluding carboxylic acids is 1. The highest BCUT2D eigenvalue weighted by Gasteiger charge is 2.25. The van der Waals surface area contributed by atoms with Gasteiger partial charge in [0.25, 0.3) is 0 Å². The number of carbonyl (C=O) groups is 1. The Morgan fingerprint density at radius 3 is 3.00 bits per heavy atom. The molecule has 1 atom stereocenters. The molecule has 13 heavy (non-hydrogen) atoms. The highest BCUT2D eigenvalue weighted by atomic mass is 16.2. The highest BCUT2D eigenvalue weighted by Crippen LogP contribution is 2.08. The van der Waals surface area contributed by atoms with Crippen LogP contribution in [0.15, 0.2) is 12.7 Å². The molecule has 1 rings (SSSR count). The topological polar surface area (TPSA) is 32.3 Å². The lowest BCUT2D eigenvalue weighted by atomic mass is 10.2. The quantitative estimate of drug-likeness (QED) is 0.651. The zero-order valence-electron chi connectivity index (χ0n) is 8.25. The molecule has 0 aromatic heterocycles. The van der Waals surface area contributed by atoms with E-state index in [4.69, 9.17) is 0 Å². The van der Waals surface area contributed by atoms with Crippen LogP contribution in [-0.4, -0.2) is 36.5 Å². The van der Waals surface area contributed by atoms with Gasteiger partial charge in [-0.15, -0.1) is 6.58 Å². The molecule has 0 unspecified atom stereocenters. The van der Waals surface area contributed by atoms with Gasteiger partial charge in [-0.2, -0.15) is 0 Å². The lowest BCUT2D eigenvalue weighted by Gasteiger charge is -2.22. The molecule has 1 N–H and O–H groups in total. The van der Waals surface area contributed by atoms with Crippen molar-refractivity contribution in [2.75, 3.05) is 19.6 Å². The van der Waals surface area contributed by atoms with Crippen molar-refractivity contribution in [1.29, 1.82) is 0 Å². The molecule has 74 valence electrons. The smallest absolute Gasteiger partial charge is 0.239 e. The summed E-state index contributed by atoms with van der Waals surface area (Å²) in [7, 11) is 0.